The first-order valence-electron chi connectivity index (χ1n) is 11.0. The number of hydrogen-bond donors (Lipinski definition) is 0. The van der Waals surface area contributed by atoms with Crippen molar-refractivity contribution in [3.05, 3.63) is 43.5 Å². The Kier molecular flexibility index (Phi) is 17.0. The molecule has 0 N–H and O–H groups in total. The molecule has 0 atom stereocenters. The summed E-state index contributed by atoms with van der Waals surface area (Å²) in [6.45, 7) is 7.41. The third-order valence-corrected chi connectivity index (χ3v) is 4.95. The van der Waals surface area contributed by atoms with E-state index in [0.717, 1.165) is 38.5 Å². The summed E-state index contributed by atoms with van der Waals surface area (Å²) in [6, 6.07) is 0. The van der Waals surface area contributed by atoms with Crippen molar-refractivity contribution in [1.82, 2.24) is 0 Å². The molecule has 0 aromatic carbocycles. The minimum atomic E-state index is -0.599. The van der Waals surface area contributed by atoms with E-state index in [4.69, 9.17) is 18.3 Å². The number of hydrogen-bond acceptors (Lipinski definition) is 8. The molecule has 0 spiro atoms. The fourth-order valence-corrected chi connectivity index (χ4v) is 3.21. The van der Waals surface area contributed by atoms with E-state index in [0.29, 0.717) is 24.4 Å². The van der Waals surface area contributed by atoms with Crippen LogP contribution in [0.5, 0.6) is 23.0 Å². The molecule has 2 aromatic heterocycles. The molecule has 0 aliphatic carbocycles. The molecule has 0 aliphatic rings. The van der Waals surface area contributed by atoms with Crippen LogP contribution in [0.4, 0.5) is 0 Å². The molecule has 2 rings (SSSR count). The zero-order valence-corrected chi connectivity index (χ0v) is 22.2. The maximum absolute atomic E-state index is 11.6. The fraction of sp³-hybridized carbons (Fsp3) is 0.583. The smallest absolute Gasteiger partial charge is 2.00 e. The molecule has 1 radical (unpaired) electrons. The SMILES string of the molecule is CCCCCc1oc(C)c(OC)c(=O)c1[O-].CCCCCc1oc(C)c(OC)c(=O)c1[O-].[O-2].[V+4]. The van der Waals surface area contributed by atoms with Gasteiger partial charge in [-0.1, -0.05) is 39.5 Å². The van der Waals surface area contributed by atoms with Gasteiger partial charge in [0, 0.05) is 12.8 Å². The van der Waals surface area contributed by atoms with Gasteiger partial charge in [0.25, 0.3) is 0 Å². The number of unbranched alkanes of at least 4 members (excludes halogenated alkanes) is 4. The minimum absolute atomic E-state index is 0. The zero-order chi connectivity index (χ0) is 24.3. The summed E-state index contributed by atoms with van der Waals surface area (Å²) >= 11 is 0. The van der Waals surface area contributed by atoms with Crippen LogP contribution in [-0.4, -0.2) is 14.2 Å². The van der Waals surface area contributed by atoms with E-state index >= 15 is 0 Å². The van der Waals surface area contributed by atoms with E-state index in [2.05, 4.69) is 13.8 Å². The zero-order valence-electron chi connectivity index (χ0n) is 20.8. The molecule has 0 fully saturated rings. The summed E-state index contributed by atoms with van der Waals surface area (Å²) < 4.78 is 20.3. The molecule has 10 heteroatoms. The van der Waals surface area contributed by atoms with Gasteiger partial charge in [0.15, 0.2) is 0 Å². The second kappa shape index (κ2) is 17.1. The van der Waals surface area contributed by atoms with Crippen molar-refractivity contribution in [1.29, 1.82) is 0 Å². The Hall–Kier alpha value is -2.36. The maximum Gasteiger partial charge on any atom is 4.00 e. The van der Waals surface area contributed by atoms with Crippen LogP contribution < -0.4 is 30.5 Å². The summed E-state index contributed by atoms with van der Waals surface area (Å²) in [5.41, 5.74) is -1.20. The Morgan fingerprint density at radius 1 is 0.706 bits per heavy atom. The second-order valence-corrected chi connectivity index (χ2v) is 7.46. The van der Waals surface area contributed by atoms with Gasteiger partial charge in [0.2, 0.25) is 22.4 Å². The second-order valence-electron chi connectivity index (χ2n) is 7.46. The Morgan fingerprint density at radius 2 is 1.03 bits per heavy atom. The van der Waals surface area contributed by atoms with Gasteiger partial charge in [0.1, 0.15) is 11.5 Å². The Labute approximate surface area is 212 Å². The van der Waals surface area contributed by atoms with E-state index in [9.17, 15) is 19.8 Å². The molecule has 9 nitrogen and oxygen atoms in total. The standard InChI is InChI=1S/2C12H18O4.O.V/c2*1-4-5-6-7-9-10(13)11(14)12(15-3)8(2)16-9;;/h2*13H,4-7H2,1-3H3;;/q;;-2;+4/p-2. The average molecular weight is 517 g/mol. The van der Waals surface area contributed by atoms with Gasteiger partial charge in [-0.25, -0.2) is 0 Å². The first-order chi connectivity index (χ1) is 15.2. The predicted octanol–water partition coefficient (Wildman–Crippen LogP) is 3.40. The molecule has 0 unspecified atom stereocenters. The van der Waals surface area contributed by atoms with Crippen LogP contribution >= 0.6 is 0 Å². The first kappa shape index (κ1) is 33.8. The van der Waals surface area contributed by atoms with E-state index < -0.39 is 22.4 Å². The number of rotatable bonds is 10. The summed E-state index contributed by atoms with van der Waals surface area (Å²) in [4.78, 5) is 23.2. The molecule has 34 heavy (non-hydrogen) atoms. The molecule has 0 bridgehead atoms. The molecular formula is C24H34O9V. The van der Waals surface area contributed by atoms with Crippen molar-refractivity contribution >= 4 is 0 Å². The Bertz CT molecular complexity index is 900. The van der Waals surface area contributed by atoms with Crippen LogP contribution in [0.2, 0.25) is 0 Å². The van der Waals surface area contributed by atoms with Crippen molar-refractivity contribution in [2.75, 3.05) is 14.2 Å². The van der Waals surface area contributed by atoms with Gasteiger partial charge in [-0.15, -0.1) is 0 Å². The quantitative estimate of drug-likeness (QED) is 0.435. The van der Waals surface area contributed by atoms with Crippen LogP contribution in [0.25, 0.3) is 0 Å². The van der Waals surface area contributed by atoms with E-state index in [1.807, 2.05) is 0 Å². The van der Waals surface area contributed by atoms with Crippen molar-refractivity contribution in [3.63, 3.8) is 0 Å². The monoisotopic (exact) mass is 517 g/mol. The van der Waals surface area contributed by atoms with Crippen LogP contribution in [0.1, 0.15) is 75.4 Å². The van der Waals surface area contributed by atoms with Gasteiger partial charge in [-0.3, -0.25) is 9.59 Å². The Morgan fingerprint density at radius 3 is 1.29 bits per heavy atom. The van der Waals surface area contributed by atoms with Crippen molar-refractivity contribution in [2.24, 2.45) is 0 Å². The topological polar surface area (TPSA) is 154 Å². The molecule has 0 saturated heterocycles. The predicted molar refractivity (Wildman–Crippen MR) is 119 cm³/mol. The van der Waals surface area contributed by atoms with Crippen molar-refractivity contribution in [2.45, 2.75) is 79.1 Å². The van der Waals surface area contributed by atoms with Crippen molar-refractivity contribution in [3.8, 4) is 23.0 Å². The van der Waals surface area contributed by atoms with Gasteiger partial charge < -0.3 is 34.0 Å². The fourth-order valence-electron chi connectivity index (χ4n) is 3.21. The largest absolute Gasteiger partial charge is 4.00 e. The summed E-state index contributed by atoms with van der Waals surface area (Å²) in [7, 11) is 2.71. The number of aryl methyl sites for hydroxylation is 4. The molecule has 189 valence electrons. The molecule has 2 heterocycles. The van der Waals surface area contributed by atoms with Crippen LogP contribution in [0, 0.1) is 13.8 Å². The van der Waals surface area contributed by atoms with Crippen molar-refractivity contribution < 1.29 is 52.6 Å². The molecular weight excluding hydrogens is 483 g/mol. The van der Waals surface area contributed by atoms with E-state index in [1.54, 1.807) is 13.8 Å². The van der Waals surface area contributed by atoms with Crippen LogP contribution in [0.15, 0.2) is 18.4 Å². The van der Waals surface area contributed by atoms with Crippen LogP contribution in [-0.2, 0) is 36.9 Å². The summed E-state index contributed by atoms with van der Waals surface area (Å²) in [6.07, 6.45) is 6.93. The van der Waals surface area contributed by atoms with Crippen LogP contribution in [0.3, 0.4) is 0 Å². The third-order valence-electron chi connectivity index (χ3n) is 4.95. The number of ether oxygens (including phenoxy) is 2. The van der Waals surface area contributed by atoms with E-state index in [1.165, 1.54) is 14.2 Å². The third kappa shape index (κ3) is 9.12. The maximum atomic E-state index is 11.6. The average Bonchev–Trinajstić information content (AvgIpc) is 2.76. The molecule has 2 aromatic rings. The number of methoxy groups -OCH3 is 2. The minimum Gasteiger partial charge on any atom is -2.00 e. The molecule has 0 aliphatic heterocycles. The van der Waals surface area contributed by atoms with Gasteiger partial charge in [-0.2, -0.15) is 0 Å². The summed E-state index contributed by atoms with van der Waals surface area (Å²) in [5, 5.41) is 23.2. The van der Waals surface area contributed by atoms with Gasteiger partial charge >= 0.3 is 18.6 Å². The van der Waals surface area contributed by atoms with Gasteiger partial charge in [-0.05, 0) is 38.2 Å². The Balaban J connectivity index is 0. The summed E-state index contributed by atoms with van der Waals surface area (Å²) in [5.74, 6) is 0.135. The molecule has 0 saturated carbocycles. The van der Waals surface area contributed by atoms with E-state index in [-0.39, 0.29) is 47.1 Å². The first-order valence-corrected chi connectivity index (χ1v) is 11.0. The molecule has 0 amide bonds. The normalized spacial score (nSPS) is 9.82. The van der Waals surface area contributed by atoms with Gasteiger partial charge in [0.05, 0.1) is 25.7 Å².